The number of rotatable bonds is 3. The van der Waals surface area contributed by atoms with Crippen LogP contribution in [-0.4, -0.2) is 42.7 Å². The standard InChI is InChI=1S/C15H20N2O/c1-12-13(6-7-17-8-10-18-11-9-17)14-4-2-3-5-15(14)16-12/h2-5,16H,6-11H2,1H3. The van der Waals surface area contributed by atoms with Crippen LogP contribution in [-0.2, 0) is 11.2 Å². The van der Waals surface area contributed by atoms with Crippen LogP contribution < -0.4 is 0 Å². The second-order valence-electron chi connectivity index (χ2n) is 4.98. The lowest BCUT2D eigenvalue weighted by Gasteiger charge is -2.26. The molecule has 3 heteroatoms. The molecular weight excluding hydrogens is 224 g/mol. The number of aromatic nitrogens is 1. The van der Waals surface area contributed by atoms with Crippen LogP contribution in [0.25, 0.3) is 10.9 Å². The molecule has 1 aliphatic heterocycles. The van der Waals surface area contributed by atoms with Crippen molar-refractivity contribution in [1.82, 2.24) is 9.88 Å². The Balaban J connectivity index is 1.75. The summed E-state index contributed by atoms with van der Waals surface area (Å²) in [5, 5.41) is 1.38. The quantitative estimate of drug-likeness (QED) is 0.897. The van der Waals surface area contributed by atoms with Gasteiger partial charge in [-0.15, -0.1) is 0 Å². The van der Waals surface area contributed by atoms with Crippen LogP contribution in [0.2, 0.25) is 0 Å². The molecule has 0 amide bonds. The van der Waals surface area contributed by atoms with Crippen LogP contribution in [0.3, 0.4) is 0 Å². The molecule has 0 bridgehead atoms. The molecule has 0 aliphatic carbocycles. The normalized spacial score (nSPS) is 17.4. The number of aromatic amines is 1. The first-order chi connectivity index (χ1) is 8.84. The third kappa shape index (κ3) is 2.28. The van der Waals surface area contributed by atoms with Crippen LogP contribution in [0.4, 0.5) is 0 Å². The molecule has 96 valence electrons. The van der Waals surface area contributed by atoms with Crippen molar-refractivity contribution in [2.75, 3.05) is 32.8 Å². The van der Waals surface area contributed by atoms with Crippen molar-refractivity contribution in [3.63, 3.8) is 0 Å². The first-order valence-electron chi connectivity index (χ1n) is 6.71. The second kappa shape index (κ2) is 5.12. The summed E-state index contributed by atoms with van der Waals surface area (Å²) < 4.78 is 5.38. The summed E-state index contributed by atoms with van der Waals surface area (Å²) in [5.41, 5.74) is 4.04. The number of hydrogen-bond donors (Lipinski definition) is 1. The van der Waals surface area contributed by atoms with Gasteiger partial charge in [0.1, 0.15) is 0 Å². The third-order valence-corrected chi connectivity index (χ3v) is 3.81. The molecule has 3 nitrogen and oxygen atoms in total. The average molecular weight is 244 g/mol. The highest BCUT2D eigenvalue weighted by molar-refractivity contribution is 5.84. The first kappa shape index (κ1) is 11.8. The van der Waals surface area contributed by atoms with E-state index < -0.39 is 0 Å². The van der Waals surface area contributed by atoms with Gasteiger partial charge >= 0.3 is 0 Å². The van der Waals surface area contributed by atoms with Gasteiger partial charge in [0, 0.05) is 36.2 Å². The van der Waals surface area contributed by atoms with E-state index in [0.717, 1.165) is 39.3 Å². The lowest BCUT2D eigenvalue weighted by molar-refractivity contribution is 0.0384. The van der Waals surface area contributed by atoms with Crippen molar-refractivity contribution in [2.45, 2.75) is 13.3 Å². The average Bonchev–Trinajstić information content (AvgIpc) is 2.73. The number of morpholine rings is 1. The largest absolute Gasteiger partial charge is 0.379 e. The fourth-order valence-electron chi connectivity index (χ4n) is 2.75. The number of benzene rings is 1. The van der Waals surface area contributed by atoms with E-state index in [-0.39, 0.29) is 0 Å². The zero-order valence-electron chi connectivity index (χ0n) is 10.9. The molecule has 1 aromatic heterocycles. The van der Waals surface area contributed by atoms with Gasteiger partial charge in [-0.2, -0.15) is 0 Å². The molecule has 2 heterocycles. The Hall–Kier alpha value is -1.32. The zero-order valence-corrected chi connectivity index (χ0v) is 10.9. The lowest BCUT2D eigenvalue weighted by Crippen LogP contribution is -2.37. The van der Waals surface area contributed by atoms with Gasteiger partial charge in [0.25, 0.3) is 0 Å². The maximum atomic E-state index is 5.38. The predicted octanol–water partition coefficient (Wildman–Crippen LogP) is 2.35. The van der Waals surface area contributed by atoms with E-state index in [2.05, 4.69) is 41.1 Å². The maximum absolute atomic E-state index is 5.38. The molecule has 0 saturated carbocycles. The first-order valence-corrected chi connectivity index (χ1v) is 6.71. The molecule has 1 N–H and O–H groups in total. The minimum absolute atomic E-state index is 0.882. The summed E-state index contributed by atoms with van der Waals surface area (Å²) in [7, 11) is 0. The Morgan fingerprint density at radius 1 is 1.22 bits per heavy atom. The maximum Gasteiger partial charge on any atom is 0.0594 e. The molecule has 0 atom stereocenters. The molecular formula is C15H20N2O. The van der Waals surface area contributed by atoms with Crippen LogP contribution in [0.1, 0.15) is 11.3 Å². The number of hydrogen-bond acceptors (Lipinski definition) is 2. The number of H-pyrrole nitrogens is 1. The summed E-state index contributed by atoms with van der Waals surface area (Å²) in [6.45, 7) is 7.21. The van der Waals surface area contributed by atoms with Crippen molar-refractivity contribution >= 4 is 10.9 Å². The summed E-state index contributed by atoms with van der Waals surface area (Å²) >= 11 is 0. The number of nitrogens with zero attached hydrogens (tertiary/aromatic N) is 1. The second-order valence-corrected chi connectivity index (χ2v) is 4.98. The zero-order chi connectivity index (χ0) is 12.4. The Labute approximate surface area is 108 Å². The lowest BCUT2D eigenvalue weighted by atomic mass is 10.1. The predicted molar refractivity (Wildman–Crippen MR) is 74.0 cm³/mol. The molecule has 0 radical (unpaired) electrons. The van der Waals surface area contributed by atoms with Crippen molar-refractivity contribution < 1.29 is 4.74 Å². The Kier molecular flexibility index (Phi) is 3.35. The van der Waals surface area contributed by atoms with Gasteiger partial charge < -0.3 is 9.72 Å². The number of fused-ring (bicyclic) bond motifs is 1. The number of para-hydroxylation sites is 1. The molecule has 1 fully saturated rings. The minimum Gasteiger partial charge on any atom is -0.379 e. The molecule has 2 aromatic rings. The molecule has 1 aromatic carbocycles. The molecule has 3 rings (SSSR count). The highest BCUT2D eigenvalue weighted by atomic mass is 16.5. The van der Waals surface area contributed by atoms with Gasteiger partial charge in [0.2, 0.25) is 0 Å². The van der Waals surface area contributed by atoms with Crippen LogP contribution in [0, 0.1) is 6.92 Å². The van der Waals surface area contributed by atoms with E-state index in [4.69, 9.17) is 4.74 Å². The van der Waals surface area contributed by atoms with Gasteiger partial charge in [-0.05, 0) is 25.0 Å². The molecule has 0 spiro atoms. The van der Waals surface area contributed by atoms with Crippen LogP contribution in [0.15, 0.2) is 24.3 Å². The highest BCUT2D eigenvalue weighted by Gasteiger charge is 2.12. The highest BCUT2D eigenvalue weighted by Crippen LogP contribution is 2.22. The summed E-state index contributed by atoms with van der Waals surface area (Å²) in [4.78, 5) is 5.96. The smallest absolute Gasteiger partial charge is 0.0594 e. The van der Waals surface area contributed by atoms with Crippen molar-refractivity contribution in [3.8, 4) is 0 Å². The van der Waals surface area contributed by atoms with Gasteiger partial charge in [-0.1, -0.05) is 18.2 Å². The molecule has 1 aliphatic rings. The Morgan fingerprint density at radius 2 is 2.00 bits per heavy atom. The van der Waals surface area contributed by atoms with Gasteiger partial charge in [-0.3, -0.25) is 4.90 Å². The Morgan fingerprint density at radius 3 is 2.83 bits per heavy atom. The van der Waals surface area contributed by atoms with E-state index >= 15 is 0 Å². The van der Waals surface area contributed by atoms with E-state index in [0.29, 0.717) is 0 Å². The topological polar surface area (TPSA) is 28.3 Å². The van der Waals surface area contributed by atoms with E-state index in [9.17, 15) is 0 Å². The van der Waals surface area contributed by atoms with Gasteiger partial charge in [-0.25, -0.2) is 0 Å². The minimum atomic E-state index is 0.882. The van der Waals surface area contributed by atoms with E-state index in [1.54, 1.807) is 0 Å². The van der Waals surface area contributed by atoms with Crippen molar-refractivity contribution in [2.24, 2.45) is 0 Å². The summed E-state index contributed by atoms with van der Waals surface area (Å²) in [6.07, 6.45) is 1.12. The van der Waals surface area contributed by atoms with Crippen molar-refractivity contribution in [3.05, 3.63) is 35.5 Å². The third-order valence-electron chi connectivity index (χ3n) is 3.81. The van der Waals surface area contributed by atoms with Gasteiger partial charge in [0.15, 0.2) is 0 Å². The van der Waals surface area contributed by atoms with E-state index in [1.165, 1.54) is 22.2 Å². The molecule has 18 heavy (non-hydrogen) atoms. The van der Waals surface area contributed by atoms with Crippen LogP contribution >= 0.6 is 0 Å². The summed E-state index contributed by atoms with van der Waals surface area (Å²) in [5.74, 6) is 0. The SMILES string of the molecule is Cc1[nH]c2ccccc2c1CCN1CCOCC1. The number of aryl methyl sites for hydroxylation is 1. The molecule has 1 saturated heterocycles. The Bertz CT molecular complexity index is 526. The van der Waals surface area contributed by atoms with Crippen molar-refractivity contribution in [1.29, 1.82) is 0 Å². The van der Waals surface area contributed by atoms with E-state index in [1.807, 2.05) is 0 Å². The molecule has 0 unspecified atom stereocenters. The summed E-state index contributed by atoms with van der Waals surface area (Å²) in [6, 6.07) is 8.58. The fourth-order valence-corrected chi connectivity index (χ4v) is 2.75. The number of ether oxygens (including phenoxy) is 1. The van der Waals surface area contributed by atoms with Gasteiger partial charge in [0.05, 0.1) is 13.2 Å². The van der Waals surface area contributed by atoms with Crippen LogP contribution in [0.5, 0.6) is 0 Å². The fraction of sp³-hybridized carbons (Fsp3) is 0.467. The number of nitrogens with one attached hydrogen (secondary N) is 1. The monoisotopic (exact) mass is 244 g/mol.